The second-order valence-electron chi connectivity index (χ2n) is 14.4. The summed E-state index contributed by atoms with van der Waals surface area (Å²) in [6, 6.07) is 63.5. The van der Waals surface area contributed by atoms with Crippen LogP contribution in [0.1, 0.15) is 0 Å². The van der Waals surface area contributed by atoms with Crippen LogP contribution in [0.5, 0.6) is 0 Å². The van der Waals surface area contributed by atoms with Gasteiger partial charge in [-0.2, -0.15) is 0 Å². The highest BCUT2D eigenvalue weighted by Crippen LogP contribution is 2.44. The maximum absolute atomic E-state index is 5.30. The fourth-order valence-electron chi connectivity index (χ4n) is 8.72. The Morgan fingerprint density at radius 3 is 1.49 bits per heavy atom. The van der Waals surface area contributed by atoms with Crippen molar-refractivity contribution in [3.63, 3.8) is 0 Å². The highest BCUT2D eigenvalue weighted by atomic mass is 32.1. The van der Waals surface area contributed by atoms with E-state index in [-0.39, 0.29) is 0 Å². The van der Waals surface area contributed by atoms with Crippen molar-refractivity contribution in [2.24, 2.45) is 0 Å². The van der Waals surface area contributed by atoms with E-state index in [2.05, 4.69) is 170 Å². The monoisotopic (exact) mass is 715 g/mol. The summed E-state index contributed by atoms with van der Waals surface area (Å²) in [4.78, 5) is 16.8. The van der Waals surface area contributed by atoms with Crippen molar-refractivity contribution < 1.29 is 0 Å². The van der Waals surface area contributed by atoms with Crippen molar-refractivity contribution in [2.75, 3.05) is 0 Å². The van der Waals surface area contributed by atoms with Crippen LogP contribution in [0.25, 0.3) is 119 Å². The first-order valence-electron chi connectivity index (χ1n) is 18.6. The topological polar surface area (TPSA) is 38.7 Å². The molecular formula is C51H29N3S. The predicted octanol–water partition coefficient (Wildman–Crippen LogP) is 14.1. The van der Waals surface area contributed by atoms with Gasteiger partial charge in [-0.3, -0.25) is 0 Å². The lowest BCUT2D eigenvalue weighted by Crippen LogP contribution is -2.00. The van der Waals surface area contributed by atoms with Gasteiger partial charge in [0.05, 0.1) is 4.88 Å². The molecule has 12 rings (SSSR count). The minimum Gasteiger partial charge on any atom is -0.208 e. The maximum atomic E-state index is 5.30. The van der Waals surface area contributed by atoms with Crippen molar-refractivity contribution in [3.8, 4) is 44.6 Å². The number of nitrogens with zero attached hydrogens (tertiary/aromatic N) is 3. The summed E-state index contributed by atoms with van der Waals surface area (Å²) in [5.74, 6) is 1.98. The average molecular weight is 716 g/mol. The Morgan fingerprint density at radius 2 is 0.800 bits per heavy atom. The molecule has 0 amide bonds. The van der Waals surface area contributed by atoms with Crippen molar-refractivity contribution in [1.29, 1.82) is 0 Å². The van der Waals surface area contributed by atoms with E-state index in [4.69, 9.17) is 15.0 Å². The minimum atomic E-state index is 0.652. The first-order chi connectivity index (χ1) is 27.2. The lowest BCUT2D eigenvalue weighted by Gasteiger charge is -2.17. The molecule has 0 spiro atoms. The first-order valence-corrected chi connectivity index (χ1v) is 19.4. The predicted molar refractivity (Wildman–Crippen MR) is 233 cm³/mol. The van der Waals surface area contributed by atoms with E-state index in [1.165, 1.54) is 69.3 Å². The molecule has 0 aliphatic rings. The van der Waals surface area contributed by atoms with Crippen LogP contribution in [-0.2, 0) is 0 Å². The van der Waals surface area contributed by atoms with Crippen molar-refractivity contribution in [1.82, 2.24) is 15.0 Å². The molecule has 0 saturated carbocycles. The summed E-state index contributed by atoms with van der Waals surface area (Å²) in [5, 5.41) is 16.1. The molecule has 0 unspecified atom stereocenters. The van der Waals surface area contributed by atoms with E-state index < -0.39 is 0 Å². The molecule has 0 radical (unpaired) electrons. The fourth-order valence-corrected chi connectivity index (χ4v) is 9.71. The van der Waals surface area contributed by atoms with Gasteiger partial charge in [0.25, 0.3) is 0 Å². The van der Waals surface area contributed by atoms with Crippen LogP contribution >= 0.6 is 11.3 Å². The van der Waals surface area contributed by atoms with E-state index in [1.54, 1.807) is 11.3 Å². The lowest BCUT2D eigenvalue weighted by molar-refractivity contribution is 1.08. The molecule has 3 nitrogen and oxygen atoms in total. The van der Waals surface area contributed by atoms with Gasteiger partial charge in [0, 0.05) is 15.8 Å². The number of fused-ring (bicyclic) bond motifs is 3. The Hall–Kier alpha value is -7.01. The third-order valence-corrected chi connectivity index (χ3v) is 12.3. The zero-order chi connectivity index (χ0) is 36.0. The van der Waals surface area contributed by atoms with Gasteiger partial charge in [0.15, 0.2) is 17.5 Å². The molecule has 55 heavy (non-hydrogen) atoms. The van der Waals surface area contributed by atoms with Crippen molar-refractivity contribution >= 4 is 86.1 Å². The molecule has 0 N–H and O–H groups in total. The normalized spacial score (nSPS) is 12.0. The van der Waals surface area contributed by atoms with Gasteiger partial charge in [0.2, 0.25) is 0 Å². The van der Waals surface area contributed by atoms with Crippen LogP contribution in [0.3, 0.4) is 0 Å². The van der Waals surface area contributed by atoms with Gasteiger partial charge >= 0.3 is 0 Å². The molecule has 254 valence electrons. The molecule has 0 aliphatic carbocycles. The Morgan fingerprint density at radius 1 is 0.291 bits per heavy atom. The molecule has 0 atom stereocenters. The standard InChI is InChI=1S/C51H29N3S/c1-2-10-30(11-3-1)34-16-6-17-37(26-34)49-52-50(54-51(53-49)44-29-35-12-4-5-21-43(35)55-44)38-27-36-25-24-33-14-8-19-40-39-18-7-13-31-22-23-32-15-9-20-41(47(32)45(31)39)42(28-38)48(36)46(33)40/h1-29H. The minimum absolute atomic E-state index is 0.652. The Kier molecular flexibility index (Phi) is 6.50. The number of hydrogen-bond donors (Lipinski definition) is 0. The number of hydrogen-bond acceptors (Lipinski definition) is 4. The SMILES string of the molecule is c1ccc(-c2cccc(-c3nc(-c4cc5ccc6cccc7c8cccc9ccc%10cccc(c(c4)c5c67)c%10c98)nc(-c4cc5ccccc5s4)n3)c2)cc1. The number of aromatic nitrogens is 3. The molecule has 4 heteroatoms. The summed E-state index contributed by atoms with van der Waals surface area (Å²) in [5.41, 5.74) is 4.19. The van der Waals surface area contributed by atoms with Gasteiger partial charge < -0.3 is 0 Å². The van der Waals surface area contributed by atoms with Gasteiger partial charge in [-0.15, -0.1) is 11.3 Å². The third-order valence-electron chi connectivity index (χ3n) is 11.2. The molecule has 2 aromatic heterocycles. The lowest BCUT2D eigenvalue weighted by atomic mass is 9.87. The molecule has 0 saturated heterocycles. The summed E-state index contributed by atoms with van der Waals surface area (Å²) < 4.78 is 1.21. The largest absolute Gasteiger partial charge is 0.208 e. The molecule has 12 aromatic rings. The smallest absolute Gasteiger partial charge is 0.174 e. The molecule has 10 aromatic carbocycles. The van der Waals surface area contributed by atoms with Crippen LogP contribution in [-0.4, -0.2) is 15.0 Å². The third kappa shape index (κ3) is 4.72. The molecule has 0 fully saturated rings. The number of benzene rings is 9. The molecular weight excluding hydrogens is 687 g/mol. The number of rotatable bonds is 4. The van der Waals surface area contributed by atoms with Crippen LogP contribution in [0.4, 0.5) is 0 Å². The maximum Gasteiger partial charge on any atom is 0.174 e. The second-order valence-corrected chi connectivity index (χ2v) is 15.4. The van der Waals surface area contributed by atoms with E-state index in [0.717, 1.165) is 32.5 Å². The van der Waals surface area contributed by atoms with Crippen LogP contribution in [0.2, 0.25) is 0 Å². The summed E-state index contributed by atoms with van der Waals surface area (Å²) in [7, 11) is 0. The van der Waals surface area contributed by atoms with Gasteiger partial charge in [-0.25, -0.2) is 15.0 Å². The average Bonchev–Trinajstić information content (AvgIpc) is 3.70. The summed E-state index contributed by atoms with van der Waals surface area (Å²) in [6.07, 6.45) is 0. The Bertz CT molecular complexity index is 3450. The van der Waals surface area contributed by atoms with Crippen molar-refractivity contribution in [2.45, 2.75) is 0 Å². The Labute approximate surface area is 320 Å². The van der Waals surface area contributed by atoms with Crippen LogP contribution in [0, 0.1) is 0 Å². The summed E-state index contributed by atoms with van der Waals surface area (Å²) >= 11 is 1.72. The highest BCUT2D eigenvalue weighted by Gasteiger charge is 2.19. The van der Waals surface area contributed by atoms with E-state index in [0.29, 0.717) is 17.5 Å². The van der Waals surface area contributed by atoms with Gasteiger partial charge in [0.1, 0.15) is 0 Å². The quantitative estimate of drug-likeness (QED) is 0.170. The van der Waals surface area contributed by atoms with E-state index in [1.807, 2.05) is 6.07 Å². The Balaban J connectivity index is 1.19. The highest BCUT2D eigenvalue weighted by molar-refractivity contribution is 7.22. The van der Waals surface area contributed by atoms with Gasteiger partial charge in [-0.05, 0) is 111 Å². The zero-order valence-corrected chi connectivity index (χ0v) is 30.3. The zero-order valence-electron chi connectivity index (χ0n) is 29.5. The summed E-state index contributed by atoms with van der Waals surface area (Å²) in [6.45, 7) is 0. The molecule has 0 aliphatic heterocycles. The fraction of sp³-hybridized carbons (Fsp3) is 0. The van der Waals surface area contributed by atoms with Crippen LogP contribution < -0.4 is 0 Å². The van der Waals surface area contributed by atoms with Crippen molar-refractivity contribution in [3.05, 3.63) is 176 Å². The van der Waals surface area contributed by atoms with E-state index >= 15 is 0 Å². The number of thiophene rings is 1. The second kappa shape index (κ2) is 11.7. The van der Waals surface area contributed by atoms with Crippen LogP contribution in [0.15, 0.2) is 176 Å². The molecule has 0 bridgehead atoms. The molecule has 2 heterocycles. The van der Waals surface area contributed by atoms with Gasteiger partial charge in [-0.1, -0.05) is 146 Å². The van der Waals surface area contributed by atoms with E-state index in [9.17, 15) is 0 Å². The first kappa shape index (κ1) is 30.5.